The van der Waals surface area contributed by atoms with Gasteiger partial charge >= 0.3 is 17.9 Å². The van der Waals surface area contributed by atoms with E-state index in [9.17, 15) is 14.4 Å². The summed E-state index contributed by atoms with van der Waals surface area (Å²) in [5.74, 6) is -2.39. The van der Waals surface area contributed by atoms with Crippen LogP contribution in [0.5, 0.6) is 0 Å². The van der Waals surface area contributed by atoms with Gasteiger partial charge in [0, 0.05) is 12.8 Å². The number of carboxylic acid groups (broad SMARTS) is 2. The number of ether oxygens (including phenoxy) is 1. The van der Waals surface area contributed by atoms with E-state index in [4.69, 9.17) is 14.9 Å². The van der Waals surface area contributed by atoms with Gasteiger partial charge in [0.05, 0.1) is 5.92 Å². The van der Waals surface area contributed by atoms with Gasteiger partial charge in [-0.2, -0.15) is 0 Å². The molecule has 0 aromatic rings. The molecule has 0 bridgehead atoms. The van der Waals surface area contributed by atoms with E-state index in [0.717, 1.165) is 25.7 Å². The minimum Gasteiger partial charge on any atom is -0.481 e. The maximum atomic E-state index is 11.1. The summed E-state index contributed by atoms with van der Waals surface area (Å²) in [5.41, 5.74) is -0.330. The smallest absolute Gasteiger partial charge is 0.306 e. The maximum Gasteiger partial charge on any atom is 0.306 e. The number of hydrogen-bond donors (Lipinski definition) is 2. The van der Waals surface area contributed by atoms with Crippen LogP contribution in [0.3, 0.4) is 0 Å². The molecule has 0 heterocycles. The Morgan fingerprint density at radius 1 is 0.917 bits per heavy atom. The normalized spacial score (nSPS) is 11.9. The Morgan fingerprint density at radius 3 is 1.88 bits per heavy atom. The Balaban J connectivity index is 0. The SMILES string of the molecule is CCCC(CCC(=O)O)C(=O)O.CCCCCC(=O)OC(C)(C)C. The molecule has 6 heteroatoms. The van der Waals surface area contributed by atoms with E-state index in [1.807, 2.05) is 27.7 Å². The van der Waals surface area contributed by atoms with Crippen LogP contribution in [0.1, 0.15) is 86.0 Å². The lowest BCUT2D eigenvalue weighted by Gasteiger charge is -2.19. The van der Waals surface area contributed by atoms with Crippen molar-refractivity contribution >= 4 is 17.9 Å². The van der Waals surface area contributed by atoms with E-state index < -0.39 is 17.9 Å². The van der Waals surface area contributed by atoms with Crippen LogP contribution < -0.4 is 0 Å². The van der Waals surface area contributed by atoms with Gasteiger partial charge in [0.1, 0.15) is 5.60 Å². The van der Waals surface area contributed by atoms with E-state index in [0.29, 0.717) is 12.8 Å². The molecule has 0 radical (unpaired) electrons. The molecule has 0 aliphatic rings. The van der Waals surface area contributed by atoms with Crippen LogP contribution in [-0.4, -0.2) is 33.7 Å². The van der Waals surface area contributed by atoms with Gasteiger partial charge in [0.25, 0.3) is 0 Å². The molecule has 0 aromatic carbocycles. The van der Waals surface area contributed by atoms with E-state index in [1.165, 1.54) is 0 Å². The van der Waals surface area contributed by atoms with E-state index in [1.54, 1.807) is 0 Å². The standard InChI is InChI=1S/C10H20O2.C8H14O4/c1-5-6-7-8-9(11)12-10(2,3)4;1-2-3-6(8(11)12)4-5-7(9)10/h5-8H2,1-4H3;6H,2-5H2,1H3,(H,9,10)(H,11,12). The van der Waals surface area contributed by atoms with Gasteiger partial charge in [-0.15, -0.1) is 0 Å². The van der Waals surface area contributed by atoms with Crippen LogP contribution in [0.2, 0.25) is 0 Å². The molecule has 0 aromatic heterocycles. The summed E-state index contributed by atoms with van der Waals surface area (Å²) >= 11 is 0. The number of rotatable bonds is 10. The fourth-order valence-corrected chi connectivity index (χ4v) is 1.95. The molecule has 0 amide bonds. The minimum absolute atomic E-state index is 0.0586. The Morgan fingerprint density at radius 2 is 1.50 bits per heavy atom. The van der Waals surface area contributed by atoms with Crippen LogP contribution >= 0.6 is 0 Å². The molecule has 0 aliphatic heterocycles. The van der Waals surface area contributed by atoms with Gasteiger partial charge in [0.15, 0.2) is 0 Å². The van der Waals surface area contributed by atoms with Crippen molar-refractivity contribution in [3.05, 3.63) is 0 Å². The molecule has 24 heavy (non-hydrogen) atoms. The number of carbonyl (C=O) groups excluding carboxylic acids is 1. The third kappa shape index (κ3) is 18.5. The first-order chi connectivity index (χ1) is 11.0. The largest absolute Gasteiger partial charge is 0.481 e. The third-order valence-corrected chi connectivity index (χ3v) is 3.10. The van der Waals surface area contributed by atoms with Crippen molar-refractivity contribution < 1.29 is 29.3 Å². The van der Waals surface area contributed by atoms with Crippen molar-refractivity contribution in [2.24, 2.45) is 5.92 Å². The van der Waals surface area contributed by atoms with E-state index in [2.05, 4.69) is 6.92 Å². The number of carboxylic acids is 2. The average molecular weight is 346 g/mol. The van der Waals surface area contributed by atoms with Crippen LogP contribution in [0.4, 0.5) is 0 Å². The lowest BCUT2D eigenvalue weighted by molar-refractivity contribution is -0.155. The molecule has 0 saturated carbocycles. The molecule has 1 atom stereocenters. The van der Waals surface area contributed by atoms with Crippen molar-refractivity contribution in [1.82, 2.24) is 0 Å². The van der Waals surface area contributed by atoms with Gasteiger partial charge < -0.3 is 14.9 Å². The summed E-state index contributed by atoms with van der Waals surface area (Å²) < 4.78 is 5.15. The topological polar surface area (TPSA) is 101 Å². The van der Waals surface area contributed by atoms with Crippen molar-refractivity contribution in [1.29, 1.82) is 0 Å². The highest BCUT2D eigenvalue weighted by atomic mass is 16.6. The first-order valence-electron chi connectivity index (χ1n) is 8.69. The van der Waals surface area contributed by atoms with Crippen LogP contribution in [0.15, 0.2) is 0 Å². The Labute approximate surface area is 145 Å². The third-order valence-electron chi connectivity index (χ3n) is 3.10. The second kappa shape index (κ2) is 13.8. The molecule has 0 aliphatic carbocycles. The molecule has 1 unspecified atom stereocenters. The molecule has 6 nitrogen and oxygen atoms in total. The summed E-state index contributed by atoms with van der Waals surface area (Å²) in [7, 11) is 0. The van der Waals surface area contributed by atoms with Gasteiger partial charge in [0.2, 0.25) is 0 Å². The first-order valence-corrected chi connectivity index (χ1v) is 8.69. The number of carbonyl (C=O) groups is 3. The van der Waals surface area contributed by atoms with Crippen molar-refractivity contribution in [3.63, 3.8) is 0 Å². The maximum absolute atomic E-state index is 11.1. The number of unbranched alkanes of at least 4 members (excludes halogenated alkanes) is 2. The number of hydrogen-bond acceptors (Lipinski definition) is 4. The van der Waals surface area contributed by atoms with Gasteiger partial charge in [-0.05, 0) is 40.0 Å². The zero-order valence-corrected chi connectivity index (χ0v) is 15.8. The lowest BCUT2D eigenvalue weighted by atomic mass is 9.98. The zero-order valence-electron chi connectivity index (χ0n) is 15.8. The molecule has 0 spiro atoms. The highest BCUT2D eigenvalue weighted by Crippen LogP contribution is 2.13. The molecule has 0 fully saturated rings. The Hall–Kier alpha value is -1.59. The van der Waals surface area contributed by atoms with Crippen LogP contribution in [0, 0.1) is 5.92 Å². The first kappa shape index (κ1) is 24.7. The fourth-order valence-electron chi connectivity index (χ4n) is 1.95. The highest BCUT2D eigenvalue weighted by Gasteiger charge is 2.17. The summed E-state index contributed by atoms with van der Waals surface area (Å²) in [5, 5.41) is 16.9. The predicted octanol–water partition coefficient (Wildman–Crippen LogP) is 4.26. The van der Waals surface area contributed by atoms with Gasteiger partial charge in [-0.1, -0.05) is 33.1 Å². The molecule has 0 rings (SSSR count). The van der Waals surface area contributed by atoms with Crippen molar-refractivity contribution in [2.75, 3.05) is 0 Å². The van der Waals surface area contributed by atoms with Crippen molar-refractivity contribution in [3.8, 4) is 0 Å². The minimum atomic E-state index is -0.933. The predicted molar refractivity (Wildman–Crippen MR) is 92.9 cm³/mol. The monoisotopic (exact) mass is 346 g/mol. The van der Waals surface area contributed by atoms with Gasteiger partial charge in [-0.25, -0.2) is 0 Å². The highest BCUT2D eigenvalue weighted by molar-refractivity contribution is 5.72. The fraction of sp³-hybridized carbons (Fsp3) is 0.833. The molecule has 2 N–H and O–H groups in total. The van der Waals surface area contributed by atoms with E-state index >= 15 is 0 Å². The average Bonchev–Trinajstić information content (AvgIpc) is 2.42. The summed E-state index contributed by atoms with van der Waals surface area (Å²) in [6, 6.07) is 0. The van der Waals surface area contributed by atoms with Crippen LogP contribution in [0.25, 0.3) is 0 Å². The molecular weight excluding hydrogens is 312 g/mol. The summed E-state index contributed by atoms with van der Waals surface area (Å²) in [6.07, 6.45) is 5.27. The second-order valence-electron chi connectivity index (χ2n) is 6.80. The zero-order chi connectivity index (χ0) is 19.2. The summed E-state index contributed by atoms with van der Waals surface area (Å²) in [4.78, 5) is 31.8. The van der Waals surface area contributed by atoms with E-state index in [-0.39, 0.29) is 24.4 Å². The second-order valence-corrected chi connectivity index (χ2v) is 6.80. The Kier molecular flexibility index (Phi) is 14.2. The van der Waals surface area contributed by atoms with Crippen LogP contribution in [-0.2, 0) is 19.1 Å². The number of aliphatic carboxylic acids is 2. The quantitative estimate of drug-likeness (QED) is 0.453. The molecule has 142 valence electrons. The van der Waals surface area contributed by atoms with Gasteiger partial charge in [-0.3, -0.25) is 14.4 Å². The van der Waals surface area contributed by atoms with Crippen molar-refractivity contribution in [2.45, 2.75) is 91.6 Å². The number of esters is 1. The lowest BCUT2D eigenvalue weighted by Crippen LogP contribution is -2.23. The Bertz CT molecular complexity index is 370. The molecule has 0 saturated heterocycles. The summed E-state index contributed by atoms with van der Waals surface area (Å²) in [6.45, 7) is 9.69. The molecular formula is C18H34O6.